The molecule has 0 spiro atoms. The van der Waals surface area contributed by atoms with Crippen LogP contribution in [0.3, 0.4) is 0 Å². The molecule has 3 rings (SSSR count). The number of aromatic nitrogens is 1. The van der Waals surface area contributed by atoms with Crippen LogP contribution in [0.2, 0.25) is 0 Å². The van der Waals surface area contributed by atoms with E-state index in [4.69, 9.17) is 5.11 Å². The van der Waals surface area contributed by atoms with Crippen molar-refractivity contribution in [2.24, 2.45) is 0 Å². The van der Waals surface area contributed by atoms with Crippen molar-refractivity contribution in [1.82, 2.24) is 4.98 Å². The van der Waals surface area contributed by atoms with Gasteiger partial charge in [-0.3, -0.25) is 4.72 Å². The van der Waals surface area contributed by atoms with E-state index in [1.807, 2.05) is 5.38 Å². The number of thiazole rings is 1. The molecule has 20 heavy (non-hydrogen) atoms. The van der Waals surface area contributed by atoms with Gasteiger partial charge in [0.2, 0.25) is 0 Å². The molecular weight excluding hydrogens is 316 g/mol. The van der Waals surface area contributed by atoms with E-state index in [2.05, 4.69) is 9.71 Å². The number of nitrogens with one attached hydrogen (secondary N) is 1. The summed E-state index contributed by atoms with van der Waals surface area (Å²) in [4.78, 5) is 5.17. The maximum Gasteiger partial charge on any atom is 0.273 e. The summed E-state index contributed by atoms with van der Waals surface area (Å²) in [6.07, 6.45) is 2.76. The van der Waals surface area contributed by atoms with Crippen LogP contribution >= 0.6 is 22.7 Å². The second-order valence-electron chi connectivity index (χ2n) is 4.65. The Morgan fingerprint density at radius 1 is 1.40 bits per heavy atom. The van der Waals surface area contributed by atoms with E-state index in [1.165, 1.54) is 22.7 Å². The van der Waals surface area contributed by atoms with Crippen molar-refractivity contribution in [3.05, 3.63) is 28.1 Å². The van der Waals surface area contributed by atoms with E-state index in [-0.39, 0.29) is 10.8 Å². The summed E-state index contributed by atoms with van der Waals surface area (Å²) >= 11 is 2.50. The number of rotatable bonds is 6. The molecule has 5 nitrogen and oxygen atoms in total. The minimum Gasteiger partial charge on any atom is -0.396 e. The largest absolute Gasteiger partial charge is 0.396 e. The lowest BCUT2D eigenvalue weighted by molar-refractivity contribution is 0.300. The van der Waals surface area contributed by atoms with Crippen LogP contribution in [0.4, 0.5) is 5.13 Å². The highest BCUT2D eigenvalue weighted by molar-refractivity contribution is 7.94. The molecule has 1 aliphatic carbocycles. The van der Waals surface area contributed by atoms with Crippen molar-refractivity contribution in [3.63, 3.8) is 0 Å². The number of anilines is 1. The number of hydrogen-bond acceptors (Lipinski definition) is 6. The first-order chi connectivity index (χ1) is 9.58. The Balaban J connectivity index is 1.76. The minimum atomic E-state index is -3.57. The van der Waals surface area contributed by atoms with Gasteiger partial charge in [-0.1, -0.05) is 0 Å². The molecule has 2 N–H and O–H groups in total. The van der Waals surface area contributed by atoms with E-state index in [9.17, 15) is 8.42 Å². The fourth-order valence-electron chi connectivity index (χ4n) is 1.81. The topological polar surface area (TPSA) is 79.3 Å². The summed E-state index contributed by atoms with van der Waals surface area (Å²) in [5.74, 6) is 0.516. The molecule has 1 saturated carbocycles. The van der Waals surface area contributed by atoms with Crippen molar-refractivity contribution < 1.29 is 13.5 Å². The average Bonchev–Trinajstić information content (AvgIpc) is 2.95. The van der Waals surface area contributed by atoms with Crippen LogP contribution in [0, 0.1) is 0 Å². The third kappa shape index (κ3) is 3.03. The molecule has 0 atom stereocenters. The molecule has 2 aromatic rings. The highest BCUT2D eigenvalue weighted by atomic mass is 32.2. The number of thiophene rings is 1. The van der Waals surface area contributed by atoms with Gasteiger partial charge in [0.05, 0.1) is 5.69 Å². The smallest absolute Gasteiger partial charge is 0.273 e. The first-order valence-corrected chi connectivity index (χ1v) is 9.44. The molecule has 108 valence electrons. The third-order valence-corrected chi connectivity index (χ3v) is 6.88. The predicted octanol–water partition coefficient (Wildman–Crippen LogP) is 2.42. The predicted molar refractivity (Wildman–Crippen MR) is 80.0 cm³/mol. The van der Waals surface area contributed by atoms with Crippen LogP contribution in [0.25, 0.3) is 0 Å². The van der Waals surface area contributed by atoms with Crippen molar-refractivity contribution in [2.75, 3.05) is 11.3 Å². The zero-order valence-corrected chi connectivity index (χ0v) is 13.0. The van der Waals surface area contributed by atoms with Crippen LogP contribution in [-0.2, 0) is 16.4 Å². The second-order valence-corrected chi connectivity index (χ2v) is 8.59. The number of aliphatic hydroxyl groups excluding tert-OH is 1. The molecule has 2 heterocycles. The Hall–Kier alpha value is -0.960. The van der Waals surface area contributed by atoms with Crippen LogP contribution in [0.15, 0.2) is 21.7 Å². The van der Waals surface area contributed by atoms with Gasteiger partial charge in [0.25, 0.3) is 10.0 Å². The summed E-state index contributed by atoms with van der Waals surface area (Å²) in [6.45, 7) is 0.0185. The second kappa shape index (κ2) is 5.44. The maximum atomic E-state index is 12.2. The van der Waals surface area contributed by atoms with Crippen LogP contribution in [0.5, 0.6) is 0 Å². The average molecular weight is 330 g/mol. The zero-order valence-electron chi connectivity index (χ0n) is 10.6. The molecule has 0 aromatic carbocycles. The zero-order chi connectivity index (χ0) is 14.2. The molecule has 0 amide bonds. The number of sulfonamides is 1. The molecule has 8 heteroatoms. The molecule has 1 fully saturated rings. The SMILES string of the molecule is O=S(=O)(Nc1nc(C2CC2)cs1)c1ccc(CCO)s1. The lowest BCUT2D eigenvalue weighted by Crippen LogP contribution is -2.11. The molecule has 1 aliphatic rings. The van der Waals surface area contributed by atoms with Gasteiger partial charge in [-0.15, -0.1) is 22.7 Å². The summed E-state index contributed by atoms with van der Waals surface area (Å²) in [7, 11) is -3.57. The monoisotopic (exact) mass is 330 g/mol. The number of aliphatic hydroxyl groups is 1. The molecule has 0 radical (unpaired) electrons. The Labute approximate surface area is 125 Å². The first-order valence-electron chi connectivity index (χ1n) is 6.26. The maximum absolute atomic E-state index is 12.2. The van der Waals surface area contributed by atoms with E-state index >= 15 is 0 Å². The summed E-state index contributed by atoms with van der Waals surface area (Å²) in [5.41, 5.74) is 0.986. The van der Waals surface area contributed by atoms with Crippen LogP contribution < -0.4 is 4.72 Å². The summed E-state index contributed by atoms with van der Waals surface area (Å²) in [5, 5.41) is 11.2. The van der Waals surface area contributed by atoms with E-state index in [0.29, 0.717) is 17.5 Å². The quantitative estimate of drug-likeness (QED) is 0.852. The van der Waals surface area contributed by atoms with Crippen molar-refractivity contribution in [2.45, 2.75) is 29.4 Å². The fraction of sp³-hybridized carbons (Fsp3) is 0.417. The Morgan fingerprint density at radius 3 is 2.90 bits per heavy atom. The Morgan fingerprint density at radius 2 is 2.20 bits per heavy atom. The normalized spacial score (nSPS) is 15.4. The van der Waals surface area contributed by atoms with Gasteiger partial charge >= 0.3 is 0 Å². The molecule has 0 saturated heterocycles. The highest BCUT2D eigenvalue weighted by Gasteiger charge is 2.27. The standard InChI is InChI=1S/C12H14N2O3S3/c15-6-5-9-3-4-11(19-9)20(16,17)14-12-13-10(7-18-12)8-1-2-8/h3-4,7-8,15H,1-2,5-6H2,(H,13,14). The van der Waals surface area contributed by atoms with Gasteiger partial charge in [0.1, 0.15) is 4.21 Å². The van der Waals surface area contributed by atoms with Crippen LogP contribution in [0.1, 0.15) is 29.3 Å². The number of nitrogens with zero attached hydrogens (tertiary/aromatic N) is 1. The van der Waals surface area contributed by atoms with Crippen molar-refractivity contribution in [1.29, 1.82) is 0 Å². The van der Waals surface area contributed by atoms with E-state index in [1.54, 1.807) is 12.1 Å². The minimum absolute atomic E-state index is 0.0185. The fourth-order valence-corrected chi connectivity index (χ4v) is 5.20. The van der Waals surface area contributed by atoms with Gasteiger partial charge in [-0.2, -0.15) is 0 Å². The molecule has 0 bridgehead atoms. The Kier molecular flexibility index (Phi) is 3.80. The van der Waals surface area contributed by atoms with Crippen molar-refractivity contribution in [3.8, 4) is 0 Å². The lowest BCUT2D eigenvalue weighted by atomic mass is 10.3. The Bertz CT molecular complexity index is 701. The van der Waals surface area contributed by atoms with Crippen LogP contribution in [-0.4, -0.2) is 25.1 Å². The highest BCUT2D eigenvalue weighted by Crippen LogP contribution is 2.41. The molecule has 0 unspecified atom stereocenters. The van der Waals surface area contributed by atoms with Gasteiger partial charge in [0.15, 0.2) is 5.13 Å². The van der Waals surface area contributed by atoms with Gasteiger partial charge < -0.3 is 5.11 Å². The molecule has 0 aliphatic heterocycles. The first kappa shape index (κ1) is 14.0. The van der Waals surface area contributed by atoms with E-state index in [0.717, 1.165) is 23.4 Å². The molecular formula is C12H14N2O3S3. The summed E-state index contributed by atoms with van der Waals surface area (Å²) < 4.78 is 27.2. The van der Waals surface area contributed by atoms with E-state index < -0.39 is 10.0 Å². The third-order valence-electron chi connectivity index (χ3n) is 3.00. The van der Waals surface area contributed by atoms with Gasteiger partial charge in [-0.25, -0.2) is 13.4 Å². The van der Waals surface area contributed by atoms with Gasteiger partial charge in [0, 0.05) is 29.2 Å². The van der Waals surface area contributed by atoms with Crippen molar-refractivity contribution >= 4 is 37.8 Å². The number of hydrogen-bond donors (Lipinski definition) is 2. The summed E-state index contributed by atoms with van der Waals surface area (Å²) in [6, 6.07) is 3.29. The lowest BCUT2D eigenvalue weighted by Gasteiger charge is -2.01. The molecule has 2 aromatic heterocycles. The van der Waals surface area contributed by atoms with Gasteiger partial charge in [-0.05, 0) is 25.0 Å².